The number of nitrogens with one attached hydrogen (secondary N) is 1. The fourth-order valence-corrected chi connectivity index (χ4v) is 5.79. The average Bonchev–Trinajstić information content (AvgIpc) is 3.04. The summed E-state index contributed by atoms with van der Waals surface area (Å²) >= 11 is 12.2. The third kappa shape index (κ3) is 3.70. The van der Waals surface area contributed by atoms with Crippen molar-refractivity contribution >= 4 is 44.3 Å². The second-order valence-corrected chi connectivity index (χ2v) is 9.12. The van der Waals surface area contributed by atoms with Gasteiger partial charge in [0.1, 0.15) is 10.7 Å². The molecule has 1 saturated heterocycles. The molecule has 0 atom stereocenters. The maximum atomic E-state index is 12.9. The second-order valence-electron chi connectivity index (χ2n) is 6.43. The summed E-state index contributed by atoms with van der Waals surface area (Å²) in [5.41, 5.74) is 1.93. The molecule has 0 bridgehead atoms. The lowest BCUT2D eigenvalue weighted by Crippen LogP contribution is -2.48. The van der Waals surface area contributed by atoms with Crippen molar-refractivity contribution in [2.75, 3.05) is 26.2 Å². The molecular weight excluding hydrogens is 407 g/mol. The van der Waals surface area contributed by atoms with Gasteiger partial charge in [0.05, 0.1) is 27.6 Å². The molecule has 0 unspecified atom stereocenters. The van der Waals surface area contributed by atoms with E-state index in [2.05, 4.69) is 14.9 Å². The Labute approximate surface area is 167 Å². The van der Waals surface area contributed by atoms with Crippen molar-refractivity contribution in [3.63, 3.8) is 0 Å². The van der Waals surface area contributed by atoms with E-state index in [1.807, 2.05) is 24.3 Å². The van der Waals surface area contributed by atoms with Gasteiger partial charge in [-0.1, -0.05) is 41.4 Å². The zero-order valence-corrected chi connectivity index (χ0v) is 16.7. The highest BCUT2D eigenvalue weighted by molar-refractivity contribution is 7.89. The van der Waals surface area contributed by atoms with Crippen LogP contribution < -0.4 is 0 Å². The highest BCUT2D eigenvalue weighted by Gasteiger charge is 2.32. The minimum atomic E-state index is -3.72. The van der Waals surface area contributed by atoms with Crippen molar-refractivity contribution in [2.24, 2.45) is 0 Å². The van der Waals surface area contributed by atoms with Crippen LogP contribution in [0.25, 0.3) is 11.0 Å². The standard InChI is InChI=1S/C18H18Cl2N4O2S/c19-13-4-3-5-14(20)18(13)27(25,26)24-10-8-23(9-11-24)12-17-21-15-6-1-2-7-16(15)22-17/h1-7H,8-12H2,(H,21,22). The van der Waals surface area contributed by atoms with E-state index in [0.717, 1.165) is 16.9 Å². The van der Waals surface area contributed by atoms with E-state index in [9.17, 15) is 8.42 Å². The van der Waals surface area contributed by atoms with Gasteiger partial charge >= 0.3 is 0 Å². The molecule has 1 aromatic heterocycles. The maximum absolute atomic E-state index is 12.9. The molecule has 0 spiro atoms. The fraction of sp³-hybridized carbons (Fsp3) is 0.278. The summed E-state index contributed by atoms with van der Waals surface area (Å²) in [5.74, 6) is 0.877. The summed E-state index contributed by atoms with van der Waals surface area (Å²) in [5, 5.41) is 0.291. The lowest BCUT2D eigenvalue weighted by Gasteiger charge is -2.33. The van der Waals surface area contributed by atoms with Crippen LogP contribution in [0.2, 0.25) is 10.0 Å². The molecule has 0 saturated carbocycles. The van der Waals surface area contributed by atoms with E-state index < -0.39 is 10.0 Å². The smallest absolute Gasteiger partial charge is 0.246 e. The van der Waals surface area contributed by atoms with Crippen molar-refractivity contribution in [2.45, 2.75) is 11.4 Å². The predicted molar refractivity (Wildman–Crippen MR) is 107 cm³/mol. The van der Waals surface area contributed by atoms with Gasteiger partial charge in [-0.15, -0.1) is 0 Å². The number of aromatic amines is 1. The van der Waals surface area contributed by atoms with Crippen LogP contribution in [0, 0.1) is 0 Å². The van der Waals surface area contributed by atoms with E-state index in [-0.39, 0.29) is 14.9 Å². The van der Waals surface area contributed by atoms with Gasteiger partial charge in [0.2, 0.25) is 10.0 Å². The van der Waals surface area contributed by atoms with Crippen LogP contribution in [0.15, 0.2) is 47.4 Å². The molecule has 2 aromatic carbocycles. The van der Waals surface area contributed by atoms with E-state index in [0.29, 0.717) is 32.7 Å². The molecule has 27 heavy (non-hydrogen) atoms. The minimum absolute atomic E-state index is 0.0148. The van der Waals surface area contributed by atoms with E-state index >= 15 is 0 Å². The number of hydrogen-bond acceptors (Lipinski definition) is 4. The van der Waals surface area contributed by atoms with Crippen LogP contribution in [0.5, 0.6) is 0 Å². The van der Waals surface area contributed by atoms with Crippen molar-refractivity contribution in [1.29, 1.82) is 0 Å². The summed E-state index contributed by atoms with van der Waals surface area (Å²) in [4.78, 5) is 10.1. The molecule has 1 N–H and O–H groups in total. The molecule has 2 heterocycles. The number of nitrogens with zero attached hydrogens (tertiary/aromatic N) is 3. The first kappa shape index (κ1) is 18.7. The van der Waals surface area contributed by atoms with Gasteiger partial charge < -0.3 is 4.98 Å². The molecule has 1 aliphatic heterocycles. The predicted octanol–water partition coefficient (Wildman–Crippen LogP) is 3.38. The average molecular weight is 425 g/mol. The van der Waals surface area contributed by atoms with Crippen molar-refractivity contribution in [3.8, 4) is 0 Å². The maximum Gasteiger partial charge on any atom is 0.246 e. The van der Waals surface area contributed by atoms with Crippen molar-refractivity contribution < 1.29 is 8.42 Å². The normalized spacial score (nSPS) is 16.8. The van der Waals surface area contributed by atoms with Crippen LogP contribution in [0.1, 0.15) is 5.82 Å². The van der Waals surface area contributed by atoms with E-state index in [4.69, 9.17) is 23.2 Å². The Hall–Kier alpha value is -1.64. The van der Waals surface area contributed by atoms with E-state index in [1.54, 1.807) is 6.07 Å². The number of sulfonamides is 1. The largest absolute Gasteiger partial charge is 0.341 e. The number of fused-ring (bicyclic) bond motifs is 1. The van der Waals surface area contributed by atoms with Gasteiger partial charge in [-0.25, -0.2) is 13.4 Å². The molecule has 142 valence electrons. The van der Waals surface area contributed by atoms with E-state index in [1.165, 1.54) is 16.4 Å². The monoisotopic (exact) mass is 424 g/mol. The summed E-state index contributed by atoms with van der Waals surface area (Å²) < 4.78 is 27.3. The lowest BCUT2D eigenvalue weighted by atomic mass is 10.3. The molecule has 6 nitrogen and oxygen atoms in total. The SMILES string of the molecule is O=S(=O)(c1c(Cl)cccc1Cl)N1CCN(Cc2nc3ccccc3[nH]2)CC1. The summed E-state index contributed by atoms with van der Waals surface area (Å²) in [7, 11) is -3.72. The number of rotatable bonds is 4. The van der Waals surface area contributed by atoms with Crippen molar-refractivity contribution in [3.05, 3.63) is 58.3 Å². The third-order valence-electron chi connectivity index (χ3n) is 4.66. The first-order valence-corrected chi connectivity index (χ1v) is 10.7. The zero-order chi connectivity index (χ0) is 19.0. The highest BCUT2D eigenvalue weighted by Crippen LogP contribution is 2.32. The Morgan fingerprint density at radius 3 is 2.30 bits per heavy atom. The van der Waals surface area contributed by atoms with Crippen LogP contribution >= 0.6 is 23.2 Å². The van der Waals surface area contributed by atoms with Crippen LogP contribution in [0.4, 0.5) is 0 Å². The Bertz CT molecular complexity index is 1020. The fourth-order valence-electron chi connectivity index (χ4n) is 3.28. The number of H-pyrrole nitrogens is 1. The van der Waals surface area contributed by atoms with Gasteiger partial charge in [0.15, 0.2) is 0 Å². The van der Waals surface area contributed by atoms with Crippen LogP contribution in [-0.2, 0) is 16.6 Å². The number of para-hydroxylation sites is 2. The molecule has 4 rings (SSSR count). The zero-order valence-electron chi connectivity index (χ0n) is 14.4. The molecule has 1 aliphatic rings. The molecule has 1 fully saturated rings. The molecular formula is C18H18Cl2N4O2S. The number of imidazole rings is 1. The Morgan fingerprint density at radius 1 is 0.963 bits per heavy atom. The van der Waals surface area contributed by atoms with Crippen LogP contribution in [0.3, 0.4) is 0 Å². The number of piperazine rings is 1. The summed E-state index contributed by atoms with van der Waals surface area (Å²) in [6.07, 6.45) is 0. The number of halogens is 2. The quantitative estimate of drug-likeness (QED) is 0.696. The lowest BCUT2D eigenvalue weighted by molar-refractivity contribution is 0.178. The van der Waals surface area contributed by atoms with Gasteiger partial charge in [-0.3, -0.25) is 4.90 Å². The molecule has 3 aromatic rings. The highest BCUT2D eigenvalue weighted by atomic mass is 35.5. The molecule has 9 heteroatoms. The number of aromatic nitrogens is 2. The Kier molecular flexibility index (Phi) is 5.13. The Morgan fingerprint density at radius 2 is 1.63 bits per heavy atom. The Balaban J connectivity index is 1.45. The molecule has 0 radical (unpaired) electrons. The molecule has 0 amide bonds. The van der Waals surface area contributed by atoms with Crippen molar-refractivity contribution in [1.82, 2.24) is 19.2 Å². The number of benzene rings is 2. The first-order valence-electron chi connectivity index (χ1n) is 8.55. The van der Waals surface area contributed by atoms with Crippen LogP contribution in [-0.4, -0.2) is 53.8 Å². The summed E-state index contributed by atoms with van der Waals surface area (Å²) in [6, 6.07) is 12.6. The van der Waals surface area contributed by atoms with Gasteiger partial charge in [0.25, 0.3) is 0 Å². The number of hydrogen-bond donors (Lipinski definition) is 1. The van der Waals surface area contributed by atoms with Gasteiger partial charge in [-0.05, 0) is 24.3 Å². The molecule has 0 aliphatic carbocycles. The minimum Gasteiger partial charge on any atom is -0.341 e. The first-order chi connectivity index (χ1) is 12.9. The third-order valence-corrected chi connectivity index (χ3v) is 7.51. The second kappa shape index (κ2) is 7.41. The van der Waals surface area contributed by atoms with Gasteiger partial charge in [-0.2, -0.15) is 4.31 Å². The summed E-state index contributed by atoms with van der Waals surface area (Å²) in [6.45, 7) is 2.63. The van der Waals surface area contributed by atoms with Gasteiger partial charge in [0, 0.05) is 26.2 Å². The topological polar surface area (TPSA) is 69.3 Å².